The van der Waals surface area contributed by atoms with E-state index in [9.17, 15) is 20.2 Å². The van der Waals surface area contributed by atoms with Crippen molar-refractivity contribution in [2.24, 2.45) is 0 Å². The van der Waals surface area contributed by atoms with Crippen molar-refractivity contribution in [3.8, 4) is 11.8 Å². The van der Waals surface area contributed by atoms with Crippen molar-refractivity contribution in [2.45, 2.75) is 6.61 Å². The molecule has 0 fully saturated rings. The molecule has 0 heterocycles. The Morgan fingerprint density at radius 2 is 1.70 bits per heavy atom. The number of carbonyl (C=O) groups excluding carboxylic acids is 1. The van der Waals surface area contributed by atoms with Gasteiger partial charge in [-0.05, 0) is 53.6 Å². The molecule has 0 aliphatic carbocycles. The zero-order valence-electron chi connectivity index (χ0n) is 15.8. The normalized spacial score (nSPS) is 10.7. The predicted molar refractivity (Wildman–Crippen MR) is 113 cm³/mol. The largest absolute Gasteiger partial charge is 0.489 e. The number of benzene rings is 3. The summed E-state index contributed by atoms with van der Waals surface area (Å²) in [6, 6.07) is 23.9. The van der Waals surface area contributed by atoms with Crippen molar-refractivity contribution >= 4 is 23.4 Å². The molecule has 148 valence electrons. The Bertz CT molecular complexity index is 1100. The summed E-state index contributed by atoms with van der Waals surface area (Å²) in [5.74, 6) is 0.111. The highest BCUT2D eigenvalue weighted by molar-refractivity contribution is 6.09. The van der Waals surface area contributed by atoms with E-state index in [-0.39, 0.29) is 17.9 Å². The van der Waals surface area contributed by atoms with E-state index in [1.807, 2.05) is 12.1 Å². The number of amides is 1. The van der Waals surface area contributed by atoms with Crippen LogP contribution in [0.1, 0.15) is 11.1 Å². The van der Waals surface area contributed by atoms with Gasteiger partial charge in [0, 0.05) is 17.8 Å². The van der Waals surface area contributed by atoms with Crippen molar-refractivity contribution in [1.82, 2.24) is 0 Å². The van der Waals surface area contributed by atoms with Crippen LogP contribution >= 0.6 is 0 Å². The number of anilines is 1. The van der Waals surface area contributed by atoms with Crippen LogP contribution in [0.15, 0.2) is 84.4 Å². The molecule has 0 aromatic heterocycles. The summed E-state index contributed by atoms with van der Waals surface area (Å²) in [7, 11) is 0. The fraction of sp³-hybridized carbons (Fsp3) is 0.0435. The number of non-ortho nitro benzene ring substituents is 1. The fourth-order valence-electron chi connectivity index (χ4n) is 2.58. The van der Waals surface area contributed by atoms with E-state index in [0.717, 1.165) is 5.56 Å². The maximum absolute atomic E-state index is 12.3. The number of nitrogens with one attached hydrogen (secondary N) is 1. The molecule has 30 heavy (non-hydrogen) atoms. The first-order chi connectivity index (χ1) is 14.5. The standard InChI is InChI=1S/C23H17N3O4/c24-15-19(23(27)25-20-4-2-1-3-5-20)14-17-8-12-22(13-9-17)30-16-18-6-10-21(11-7-18)26(28)29/h1-14H,16H2,(H,25,27)/b19-14+. The number of rotatable bonds is 7. The molecule has 0 saturated heterocycles. The zero-order chi connectivity index (χ0) is 21.3. The molecule has 1 amide bonds. The molecule has 0 spiro atoms. The van der Waals surface area contributed by atoms with E-state index >= 15 is 0 Å². The number of carbonyl (C=O) groups is 1. The molecule has 0 aliphatic rings. The molecule has 7 heteroatoms. The maximum atomic E-state index is 12.3. The van der Waals surface area contributed by atoms with Crippen LogP contribution < -0.4 is 10.1 Å². The third kappa shape index (κ3) is 5.53. The highest BCUT2D eigenvalue weighted by Gasteiger charge is 2.09. The molecule has 0 bridgehead atoms. The lowest BCUT2D eigenvalue weighted by atomic mass is 10.1. The Morgan fingerprint density at radius 1 is 1.03 bits per heavy atom. The van der Waals surface area contributed by atoms with Crippen LogP contribution in [-0.2, 0) is 11.4 Å². The second kappa shape index (κ2) is 9.66. The van der Waals surface area contributed by atoms with Gasteiger partial charge in [-0.3, -0.25) is 14.9 Å². The highest BCUT2D eigenvalue weighted by Crippen LogP contribution is 2.18. The smallest absolute Gasteiger partial charge is 0.269 e. The minimum atomic E-state index is -0.484. The van der Waals surface area contributed by atoms with Gasteiger partial charge in [-0.2, -0.15) is 5.26 Å². The quantitative estimate of drug-likeness (QED) is 0.268. The first kappa shape index (κ1) is 20.3. The van der Waals surface area contributed by atoms with E-state index < -0.39 is 10.8 Å². The van der Waals surface area contributed by atoms with Crippen molar-refractivity contribution in [2.75, 3.05) is 5.32 Å². The Morgan fingerprint density at radius 3 is 2.30 bits per heavy atom. The number of hydrogen-bond donors (Lipinski definition) is 1. The topological polar surface area (TPSA) is 105 Å². The number of hydrogen-bond acceptors (Lipinski definition) is 5. The van der Waals surface area contributed by atoms with Crippen molar-refractivity contribution in [3.63, 3.8) is 0 Å². The summed E-state index contributed by atoms with van der Waals surface area (Å²) in [4.78, 5) is 22.5. The summed E-state index contributed by atoms with van der Waals surface area (Å²) in [6.07, 6.45) is 1.50. The summed E-state index contributed by atoms with van der Waals surface area (Å²) < 4.78 is 5.67. The zero-order valence-corrected chi connectivity index (χ0v) is 15.8. The minimum absolute atomic E-state index is 0.0154. The number of nitriles is 1. The van der Waals surface area contributed by atoms with Gasteiger partial charge in [0.15, 0.2) is 0 Å². The summed E-state index contributed by atoms with van der Waals surface area (Å²) in [6.45, 7) is 0.260. The number of nitro benzene ring substituents is 1. The van der Waals surface area contributed by atoms with Crippen molar-refractivity contribution < 1.29 is 14.5 Å². The van der Waals surface area contributed by atoms with Gasteiger partial charge in [0.25, 0.3) is 11.6 Å². The average molecular weight is 399 g/mol. The fourth-order valence-corrected chi connectivity index (χ4v) is 2.58. The van der Waals surface area contributed by atoms with Crippen LogP contribution in [0.3, 0.4) is 0 Å². The van der Waals surface area contributed by atoms with E-state index in [0.29, 0.717) is 17.0 Å². The molecule has 0 saturated carbocycles. The second-order valence-corrected chi connectivity index (χ2v) is 6.27. The van der Waals surface area contributed by atoms with E-state index in [2.05, 4.69) is 5.32 Å². The lowest BCUT2D eigenvalue weighted by molar-refractivity contribution is -0.384. The molecule has 0 atom stereocenters. The highest BCUT2D eigenvalue weighted by atomic mass is 16.6. The van der Waals surface area contributed by atoms with Crippen LogP contribution in [0.4, 0.5) is 11.4 Å². The SMILES string of the molecule is N#C/C(=C\c1ccc(OCc2ccc([N+](=O)[O-])cc2)cc1)C(=O)Nc1ccccc1. The monoisotopic (exact) mass is 399 g/mol. The number of para-hydroxylation sites is 1. The molecule has 1 N–H and O–H groups in total. The second-order valence-electron chi connectivity index (χ2n) is 6.27. The Hall–Kier alpha value is -4.44. The summed E-state index contributed by atoms with van der Waals surface area (Å²) >= 11 is 0. The van der Waals surface area contributed by atoms with Crippen LogP contribution in [0, 0.1) is 21.4 Å². The number of nitrogens with zero attached hydrogens (tertiary/aromatic N) is 2. The molecule has 0 aliphatic heterocycles. The molecule has 0 radical (unpaired) electrons. The third-order valence-corrected chi connectivity index (χ3v) is 4.14. The maximum Gasteiger partial charge on any atom is 0.269 e. The molecule has 7 nitrogen and oxygen atoms in total. The van der Waals surface area contributed by atoms with E-state index in [1.165, 1.54) is 18.2 Å². The Labute approximate surface area is 173 Å². The van der Waals surface area contributed by atoms with Gasteiger partial charge < -0.3 is 10.1 Å². The van der Waals surface area contributed by atoms with Gasteiger partial charge >= 0.3 is 0 Å². The van der Waals surface area contributed by atoms with Crippen LogP contribution in [0.25, 0.3) is 6.08 Å². The number of ether oxygens (including phenoxy) is 1. The molecular formula is C23H17N3O4. The van der Waals surface area contributed by atoms with Crippen molar-refractivity contribution in [3.05, 3.63) is 106 Å². The van der Waals surface area contributed by atoms with Crippen LogP contribution in [-0.4, -0.2) is 10.8 Å². The lowest BCUT2D eigenvalue weighted by Crippen LogP contribution is -2.13. The summed E-state index contributed by atoms with van der Waals surface area (Å²) in [5, 5.41) is 22.7. The number of nitro groups is 1. The predicted octanol–water partition coefficient (Wildman–Crippen LogP) is 4.72. The molecule has 0 unspecified atom stereocenters. The third-order valence-electron chi connectivity index (χ3n) is 4.14. The van der Waals surface area contributed by atoms with Gasteiger partial charge in [-0.15, -0.1) is 0 Å². The molecule has 3 aromatic carbocycles. The molecular weight excluding hydrogens is 382 g/mol. The van der Waals surface area contributed by atoms with E-state index in [4.69, 9.17) is 4.74 Å². The Kier molecular flexibility index (Phi) is 6.54. The average Bonchev–Trinajstić information content (AvgIpc) is 2.77. The van der Waals surface area contributed by atoms with Crippen LogP contribution in [0.2, 0.25) is 0 Å². The van der Waals surface area contributed by atoms with Crippen LogP contribution in [0.5, 0.6) is 5.75 Å². The minimum Gasteiger partial charge on any atom is -0.489 e. The van der Waals surface area contributed by atoms with Gasteiger partial charge in [0.05, 0.1) is 4.92 Å². The first-order valence-electron chi connectivity index (χ1n) is 8.99. The Balaban J connectivity index is 1.61. The molecule has 3 rings (SSSR count). The van der Waals surface area contributed by atoms with Gasteiger partial charge in [-0.25, -0.2) is 0 Å². The van der Waals surface area contributed by atoms with Gasteiger partial charge in [-0.1, -0.05) is 30.3 Å². The van der Waals surface area contributed by atoms with E-state index in [1.54, 1.807) is 60.7 Å². The molecule has 3 aromatic rings. The summed E-state index contributed by atoms with van der Waals surface area (Å²) in [5.41, 5.74) is 2.10. The first-order valence-corrected chi connectivity index (χ1v) is 8.99. The van der Waals surface area contributed by atoms with Gasteiger partial charge in [0.2, 0.25) is 0 Å². The lowest BCUT2D eigenvalue weighted by Gasteiger charge is -2.07. The van der Waals surface area contributed by atoms with Gasteiger partial charge in [0.1, 0.15) is 24.0 Å². The van der Waals surface area contributed by atoms with Crippen molar-refractivity contribution in [1.29, 1.82) is 5.26 Å².